The summed E-state index contributed by atoms with van der Waals surface area (Å²) in [5, 5.41) is 2.76. The topological polar surface area (TPSA) is 73.9 Å². The quantitative estimate of drug-likeness (QED) is 0.843. The fourth-order valence-corrected chi connectivity index (χ4v) is 2.45. The minimum atomic E-state index is -0.586. The molecule has 2 rings (SSSR count). The number of carbonyl (C=O) groups excluding carboxylic acids is 2. The van der Waals surface area contributed by atoms with Gasteiger partial charge in [-0.15, -0.1) is 0 Å². The second-order valence-corrected chi connectivity index (χ2v) is 5.45. The van der Waals surface area contributed by atoms with Gasteiger partial charge in [-0.3, -0.25) is 4.79 Å². The monoisotopic (exact) mass is 343 g/mol. The van der Waals surface area contributed by atoms with Crippen LogP contribution in [0.4, 0.5) is 5.69 Å². The van der Waals surface area contributed by atoms with E-state index in [2.05, 4.69) is 5.32 Å². The highest BCUT2D eigenvalue weighted by Gasteiger charge is 2.20. The second kappa shape index (κ2) is 7.70. The van der Waals surface area contributed by atoms with Crippen molar-refractivity contribution in [2.45, 2.75) is 13.8 Å². The predicted molar refractivity (Wildman–Crippen MR) is 94.8 cm³/mol. The van der Waals surface area contributed by atoms with Crippen molar-refractivity contribution in [2.24, 2.45) is 0 Å². The van der Waals surface area contributed by atoms with Gasteiger partial charge < -0.3 is 19.5 Å². The molecule has 0 fully saturated rings. The fraction of sp³-hybridized carbons (Fsp3) is 0.263. The molecule has 0 bridgehead atoms. The lowest BCUT2D eigenvalue weighted by Crippen LogP contribution is -2.17. The Morgan fingerprint density at radius 3 is 2.16 bits per heavy atom. The van der Waals surface area contributed by atoms with Crippen LogP contribution in [0.25, 0.3) is 0 Å². The van der Waals surface area contributed by atoms with Gasteiger partial charge in [-0.1, -0.05) is 12.1 Å². The van der Waals surface area contributed by atoms with Crippen LogP contribution in [0.15, 0.2) is 30.3 Å². The maximum atomic E-state index is 12.7. The van der Waals surface area contributed by atoms with E-state index in [0.29, 0.717) is 17.1 Å². The molecule has 0 aliphatic carbocycles. The number of anilines is 1. The third-order valence-corrected chi connectivity index (χ3v) is 4.03. The zero-order chi connectivity index (χ0) is 18.6. The smallest absolute Gasteiger partial charge is 0.340 e. The van der Waals surface area contributed by atoms with Crippen LogP contribution in [-0.2, 0) is 4.74 Å². The number of amides is 1. The first-order chi connectivity index (χ1) is 11.9. The number of nitrogens with one attached hydrogen (secondary N) is 1. The van der Waals surface area contributed by atoms with E-state index in [9.17, 15) is 9.59 Å². The van der Waals surface area contributed by atoms with Gasteiger partial charge in [0.25, 0.3) is 5.91 Å². The standard InChI is InChI=1S/C19H21NO5/c1-11-7-6-8-13(12(11)2)18(21)20-15-10-17(24-4)16(23-3)9-14(15)19(22)25-5/h6-10H,1-5H3,(H,20,21). The average Bonchev–Trinajstić information content (AvgIpc) is 2.62. The maximum Gasteiger partial charge on any atom is 0.340 e. The fourth-order valence-electron chi connectivity index (χ4n) is 2.45. The zero-order valence-electron chi connectivity index (χ0n) is 14.9. The van der Waals surface area contributed by atoms with Crippen molar-refractivity contribution < 1.29 is 23.8 Å². The molecule has 0 heterocycles. The lowest BCUT2D eigenvalue weighted by atomic mass is 10.0. The average molecular weight is 343 g/mol. The zero-order valence-corrected chi connectivity index (χ0v) is 14.9. The molecule has 0 aliphatic heterocycles. The summed E-state index contributed by atoms with van der Waals surface area (Å²) in [6, 6.07) is 8.49. The van der Waals surface area contributed by atoms with E-state index in [1.165, 1.54) is 33.5 Å². The molecule has 0 spiro atoms. The molecule has 0 aliphatic rings. The lowest BCUT2D eigenvalue weighted by molar-refractivity contribution is 0.0601. The molecule has 1 amide bonds. The van der Waals surface area contributed by atoms with Crippen LogP contribution in [0, 0.1) is 13.8 Å². The van der Waals surface area contributed by atoms with E-state index in [1.54, 1.807) is 6.07 Å². The molecule has 2 aromatic rings. The van der Waals surface area contributed by atoms with Crippen LogP contribution in [0.3, 0.4) is 0 Å². The number of aryl methyl sites for hydroxylation is 1. The van der Waals surface area contributed by atoms with Crippen LogP contribution in [0.2, 0.25) is 0 Å². The number of carbonyl (C=O) groups is 2. The van der Waals surface area contributed by atoms with Gasteiger partial charge in [-0.2, -0.15) is 0 Å². The second-order valence-electron chi connectivity index (χ2n) is 5.45. The molecule has 2 aromatic carbocycles. The third-order valence-electron chi connectivity index (χ3n) is 4.03. The molecule has 0 radical (unpaired) electrons. The van der Waals surface area contributed by atoms with Crippen molar-refractivity contribution in [3.63, 3.8) is 0 Å². The molecule has 6 nitrogen and oxygen atoms in total. The number of hydrogen-bond donors (Lipinski definition) is 1. The van der Waals surface area contributed by atoms with Crippen LogP contribution in [0.5, 0.6) is 11.5 Å². The van der Waals surface area contributed by atoms with Crippen molar-refractivity contribution in [1.29, 1.82) is 0 Å². The number of methoxy groups -OCH3 is 3. The Kier molecular flexibility index (Phi) is 5.64. The summed E-state index contributed by atoms with van der Waals surface area (Å²) in [7, 11) is 4.22. The van der Waals surface area contributed by atoms with E-state index in [4.69, 9.17) is 14.2 Å². The molecule has 0 saturated heterocycles. The van der Waals surface area contributed by atoms with E-state index in [0.717, 1.165) is 11.1 Å². The first-order valence-corrected chi connectivity index (χ1v) is 7.64. The highest BCUT2D eigenvalue weighted by molar-refractivity contribution is 6.09. The third kappa shape index (κ3) is 3.74. The molecule has 0 saturated carbocycles. The van der Waals surface area contributed by atoms with Crippen LogP contribution in [0.1, 0.15) is 31.8 Å². The van der Waals surface area contributed by atoms with Gasteiger partial charge in [0.15, 0.2) is 11.5 Å². The van der Waals surface area contributed by atoms with Gasteiger partial charge >= 0.3 is 5.97 Å². The Morgan fingerprint density at radius 1 is 0.920 bits per heavy atom. The highest BCUT2D eigenvalue weighted by Crippen LogP contribution is 2.34. The van der Waals surface area contributed by atoms with Crippen LogP contribution in [-0.4, -0.2) is 33.2 Å². The van der Waals surface area contributed by atoms with Crippen LogP contribution >= 0.6 is 0 Å². The molecular weight excluding hydrogens is 322 g/mol. The van der Waals surface area contributed by atoms with E-state index in [-0.39, 0.29) is 17.2 Å². The number of hydrogen-bond acceptors (Lipinski definition) is 5. The largest absolute Gasteiger partial charge is 0.493 e. The summed E-state index contributed by atoms with van der Waals surface area (Å²) in [5.41, 5.74) is 2.88. The summed E-state index contributed by atoms with van der Waals surface area (Å²) in [5.74, 6) is -0.144. The van der Waals surface area contributed by atoms with Crippen molar-refractivity contribution in [3.05, 3.63) is 52.6 Å². The molecular formula is C19H21NO5. The summed E-state index contributed by atoms with van der Waals surface area (Å²) >= 11 is 0. The van der Waals surface area contributed by atoms with Gasteiger partial charge in [0.1, 0.15) is 0 Å². The SMILES string of the molecule is COC(=O)c1cc(OC)c(OC)cc1NC(=O)c1cccc(C)c1C. The first-order valence-electron chi connectivity index (χ1n) is 7.64. The van der Waals surface area contributed by atoms with E-state index < -0.39 is 5.97 Å². The molecule has 0 atom stereocenters. The van der Waals surface area contributed by atoms with Gasteiger partial charge in [0, 0.05) is 17.7 Å². The normalized spacial score (nSPS) is 10.1. The summed E-state index contributed by atoms with van der Waals surface area (Å²) in [4.78, 5) is 24.7. The van der Waals surface area contributed by atoms with Crippen LogP contribution < -0.4 is 14.8 Å². The highest BCUT2D eigenvalue weighted by atomic mass is 16.5. The Labute approximate surface area is 146 Å². The molecule has 0 aromatic heterocycles. The van der Waals surface area contributed by atoms with Gasteiger partial charge in [0.05, 0.1) is 32.6 Å². The minimum Gasteiger partial charge on any atom is -0.493 e. The van der Waals surface area contributed by atoms with Crippen molar-refractivity contribution in [3.8, 4) is 11.5 Å². The van der Waals surface area contributed by atoms with Crippen molar-refractivity contribution >= 4 is 17.6 Å². The maximum absolute atomic E-state index is 12.7. The Morgan fingerprint density at radius 2 is 1.56 bits per heavy atom. The Balaban J connectivity index is 2.48. The van der Waals surface area contributed by atoms with E-state index >= 15 is 0 Å². The Hall–Kier alpha value is -3.02. The van der Waals surface area contributed by atoms with Crippen molar-refractivity contribution in [1.82, 2.24) is 0 Å². The minimum absolute atomic E-state index is 0.179. The summed E-state index contributed by atoms with van der Waals surface area (Å²) in [6.07, 6.45) is 0. The van der Waals surface area contributed by atoms with Gasteiger partial charge in [0.2, 0.25) is 0 Å². The molecule has 0 unspecified atom stereocenters. The first kappa shape index (κ1) is 18.3. The Bertz CT molecular complexity index is 814. The number of benzene rings is 2. The summed E-state index contributed by atoms with van der Waals surface area (Å²) in [6.45, 7) is 3.81. The number of ether oxygens (including phenoxy) is 3. The predicted octanol–water partition coefficient (Wildman–Crippen LogP) is 3.36. The number of rotatable bonds is 5. The molecule has 1 N–H and O–H groups in total. The lowest BCUT2D eigenvalue weighted by Gasteiger charge is -2.15. The molecule has 132 valence electrons. The molecule has 6 heteroatoms. The van der Waals surface area contributed by atoms with E-state index in [1.807, 2.05) is 26.0 Å². The molecule has 25 heavy (non-hydrogen) atoms. The number of esters is 1. The summed E-state index contributed by atoms with van der Waals surface area (Å²) < 4.78 is 15.2. The van der Waals surface area contributed by atoms with Gasteiger partial charge in [-0.05, 0) is 31.0 Å². The van der Waals surface area contributed by atoms with Gasteiger partial charge in [-0.25, -0.2) is 4.79 Å². The van der Waals surface area contributed by atoms with Crippen molar-refractivity contribution in [2.75, 3.05) is 26.6 Å².